The summed E-state index contributed by atoms with van der Waals surface area (Å²) in [5, 5.41) is 0. The molecule has 1 saturated heterocycles. The lowest BCUT2D eigenvalue weighted by atomic mass is 9.96. The van der Waals surface area contributed by atoms with Crippen LogP contribution in [0.5, 0.6) is 0 Å². The van der Waals surface area contributed by atoms with E-state index >= 15 is 0 Å². The largest absolute Gasteiger partial charge is 0.337 e. The number of nitrogens with zero attached hydrogens (tertiary/aromatic N) is 3. The number of hydrogen-bond acceptors (Lipinski definition) is 3. The van der Waals surface area contributed by atoms with Crippen molar-refractivity contribution in [3.63, 3.8) is 0 Å². The molecule has 0 aliphatic carbocycles. The van der Waals surface area contributed by atoms with Gasteiger partial charge in [-0.2, -0.15) is 0 Å². The third kappa shape index (κ3) is 3.06. The van der Waals surface area contributed by atoms with Crippen molar-refractivity contribution in [2.45, 2.75) is 31.8 Å². The fourth-order valence-corrected chi connectivity index (χ4v) is 3.94. The van der Waals surface area contributed by atoms with Gasteiger partial charge in [-0.15, -0.1) is 0 Å². The van der Waals surface area contributed by atoms with Gasteiger partial charge in [0.25, 0.3) is 5.91 Å². The topological polar surface area (TPSA) is 36.4 Å². The molecular formula is C20H23N3O. The van der Waals surface area contributed by atoms with Gasteiger partial charge in [0.1, 0.15) is 0 Å². The van der Waals surface area contributed by atoms with Crippen molar-refractivity contribution in [3.05, 3.63) is 65.5 Å². The summed E-state index contributed by atoms with van der Waals surface area (Å²) < 4.78 is 0. The molecule has 0 spiro atoms. The average Bonchev–Trinajstić information content (AvgIpc) is 2.68. The number of fused-ring (bicyclic) bond motifs is 1. The molecule has 0 bridgehead atoms. The predicted octanol–water partition coefficient (Wildman–Crippen LogP) is 2.74. The van der Waals surface area contributed by atoms with Crippen LogP contribution in [-0.2, 0) is 13.0 Å². The lowest BCUT2D eigenvalue weighted by Crippen LogP contribution is -2.51. The molecule has 1 atom stereocenters. The number of rotatable bonds is 2. The highest BCUT2D eigenvalue weighted by Gasteiger charge is 2.30. The SMILES string of the molecule is O=C(c1cccnc1)N1CCC[C@H](N2CCc3ccccc3C2)C1. The minimum absolute atomic E-state index is 0.116. The molecule has 0 unspecified atom stereocenters. The first-order chi connectivity index (χ1) is 11.8. The fraction of sp³-hybridized carbons (Fsp3) is 0.400. The molecule has 0 saturated carbocycles. The van der Waals surface area contributed by atoms with Crippen LogP contribution in [0.15, 0.2) is 48.8 Å². The van der Waals surface area contributed by atoms with Crippen LogP contribution in [0.3, 0.4) is 0 Å². The molecule has 1 amide bonds. The third-order valence-corrected chi connectivity index (χ3v) is 5.27. The zero-order chi connectivity index (χ0) is 16.4. The number of piperidine rings is 1. The van der Waals surface area contributed by atoms with Gasteiger partial charge in [-0.1, -0.05) is 24.3 Å². The summed E-state index contributed by atoms with van der Waals surface area (Å²) in [4.78, 5) is 21.3. The van der Waals surface area contributed by atoms with E-state index in [4.69, 9.17) is 0 Å². The van der Waals surface area contributed by atoms with Gasteiger partial charge in [-0.25, -0.2) is 0 Å². The molecule has 1 fully saturated rings. The summed E-state index contributed by atoms with van der Waals surface area (Å²) in [6.45, 7) is 3.79. The van der Waals surface area contributed by atoms with Crippen LogP contribution in [0.4, 0.5) is 0 Å². The molecule has 3 heterocycles. The van der Waals surface area contributed by atoms with Gasteiger partial charge < -0.3 is 4.90 Å². The molecule has 4 rings (SSSR count). The average molecular weight is 321 g/mol. The first-order valence-electron chi connectivity index (χ1n) is 8.81. The standard InChI is InChI=1S/C20H23N3O/c24-20(17-7-3-10-21-13-17)23-11-4-8-19(15-23)22-12-9-16-5-1-2-6-18(16)14-22/h1-3,5-7,10,13,19H,4,8-9,11-12,14-15H2/t19-/m0/s1. The first kappa shape index (κ1) is 15.3. The van der Waals surface area contributed by atoms with Crippen molar-refractivity contribution >= 4 is 5.91 Å². The Balaban J connectivity index is 1.45. The van der Waals surface area contributed by atoms with Crippen LogP contribution in [0, 0.1) is 0 Å². The van der Waals surface area contributed by atoms with E-state index in [1.165, 1.54) is 17.5 Å². The monoisotopic (exact) mass is 321 g/mol. The zero-order valence-corrected chi connectivity index (χ0v) is 13.9. The van der Waals surface area contributed by atoms with Crippen molar-refractivity contribution < 1.29 is 4.79 Å². The summed E-state index contributed by atoms with van der Waals surface area (Å²) in [7, 11) is 0. The minimum atomic E-state index is 0.116. The van der Waals surface area contributed by atoms with Gasteiger partial charge >= 0.3 is 0 Å². The van der Waals surface area contributed by atoms with Gasteiger partial charge in [0, 0.05) is 44.6 Å². The first-order valence-corrected chi connectivity index (χ1v) is 8.81. The number of carbonyl (C=O) groups excluding carboxylic acids is 1. The Labute approximate surface area is 143 Å². The minimum Gasteiger partial charge on any atom is -0.337 e. The van der Waals surface area contributed by atoms with Crippen molar-refractivity contribution in [2.75, 3.05) is 19.6 Å². The number of hydrogen-bond donors (Lipinski definition) is 0. The van der Waals surface area contributed by atoms with Crippen LogP contribution in [0.2, 0.25) is 0 Å². The maximum Gasteiger partial charge on any atom is 0.255 e. The number of benzene rings is 1. The van der Waals surface area contributed by atoms with E-state index in [0.717, 1.165) is 39.0 Å². The van der Waals surface area contributed by atoms with Gasteiger partial charge in [-0.3, -0.25) is 14.7 Å². The molecule has 124 valence electrons. The number of likely N-dealkylation sites (tertiary alicyclic amines) is 1. The van der Waals surface area contributed by atoms with E-state index in [1.54, 1.807) is 12.4 Å². The van der Waals surface area contributed by atoms with Crippen LogP contribution < -0.4 is 0 Å². The summed E-state index contributed by atoms with van der Waals surface area (Å²) in [5.74, 6) is 0.116. The van der Waals surface area contributed by atoms with Crippen molar-refractivity contribution in [1.29, 1.82) is 0 Å². The smallest absolute Gasteiger partial charge is 0.255 e. The zero-order valence-electron chi connectivity index (χ0n) is 13.9. The van der Waals surface area contributed by atoms with E-state index in [9.17, 15) is 4.79 Å². The molecule has 2 aliphatic rings. The highest BCUT2D eigenvalue weighted by molar-refractivity contribution is 5.93. The Morgan fingerprint density at radius 2 is 1.96 bits per heavy atom. The Bertz CT molecular complexity index is 716. The normalized spacial score (nSPS) is 21.3. The Morgan fingerprint density at radius 3 is 2.79 bits per heavy atom. The molecule has 1 aromatic heterocycles. The second-order valence-electron chi connectivity index (χ2n) is 6.78. The maximum absolute atomic E-state index is 12.7. The second-order valence-corrected chi connectivity index (χ2v) is 6.78. The number of pyridine rings is 1. The molecule has 2 aliphatic heterocycles. The highest BCUT2D eigenvalue weighted by Crippen LogP contribution is 2.25. The van der Waals surface area contributed by atoms with E-state index in [0.29, 0.717) is 11.6 Å². The van der Waals surface area contributed by atoms with E-state index in [-0.39, 0.29) is 5.91 Å². The van der Waals surface area contributed by atoms with Gasteiger partial charge in [-0.05, 0) is 42.5 Å². The maximum atomic E-state index is 12.7. The summed E-state index contributed by atoms with van der Waals surface area (Å²) in [6.07, 6.45) is 6.75. The van der Waals surface area contributed by atoms with Crippen molar-refractivity contribution in [3.8, 4) is 0 Å². The van der Waals surface area contributed by atoms with Gasteiger partial charge in [0.05, 0.1) is 5.56 Å². The lowest BCUT2D eigenvalue weighted by Gasteiger charge is -2.41. The summed E-state index contributed by atoms with van der Waals surface area (Å²) >= 11 is 0. The predicted molar refractivity (Wildman–Crippen MR) is 93.7 cm³/mol. The van der Waals surface area contributed by atoms with Crippen LogP contribution in [-0.4, -0.2) is 46.4 Å². The molecule has 0 radical (unpaired) electrons. The van der Waals surface area contributed by atoms with E-state index in [2.05, 4.69) is 34.1 Å². The quantitative estimate of drug-likeness (QED) is 0.853. The number of carbonyl (C=O) groups is 1. The molecule has 0 N–H and O–H groups in total. The summed E-state index contributed by atoms with van der Waals surface area (Å²) in [5.41, 5.74) is 3.62. The molecule has 4 nitrogen and oxygen atoms in total. The van der Waals surface area contributed by atoms with E-state index < -0.39 is 0 Å². The summed E-state index contributed by atoms with van der Waals surface area (Å²) in [6, 6.07) is 12.9. The fourth-order valence-electron chi connectivity index (χ4n) is 3.94. The molecule has 4 heteroatoms. The van der Waals surface area contributed by atoms with Crippen LogP contribution in [0.25, 0.3) is 0 Å². The van der Waals surface area contributed by atoms with Crippen molar-refractivity contribution in [1.82, 2.24) is 14.8 Å². The molecule has 1 aromatic carbocycles. The Morgan fingerprint density at radius 1 is 1.08 bits per heavy atom. The second kappa shape index (κ2) is 6.73. The molecule has 24 heavy (non-hydrogen) atoms. The number of amides is 1. The third-order valence-electron chi connectivity index (χ3n) is 5.27. The Kier molecular flexibility index (Phi) is 4.30. The van der Waals surface area contributed by atoms with Crippen LogP contribution >= 0.6 is 0 Å². The molecular weight excluding hydrogens is 298 g/mol. The van der Waals surface area contributed by atoms with E-state index in [1.807, 2.05) is 17.0 Å². The lowest BCUT2D eigenvalue weighted by molar-refractivity contribution is 0.0548. The van der Waals surface area contributed by atoms with Gasteiger partial charge in [0.2, 0.25) is 0 Å². The Hall–Kier alpha value is -2.20. The van der Waals surface area contributed by atoms with Crippen LogP contribution in [0.1, 0.15) is 34.3 Å². The highest BCUT2D eigenvalue weighted by atomic mass is 16.2. The van der Waals surface area contributed by atoms with Gasteiger partial charge in [0.15, 0.2) is 0 Å². The number of aromatic nitrogens is 1. The molecule has 2 aromatic rings. The van der Waals surface area contributed by atoms with Crippen molar-refractivity contribution in [2.24, 2.45) is 0 Å².